The molecule has 0 bridgehead atoms. The number of carboxylic acid groups (broad SMARTS) is 1. The topological polar surface area (TPSA) is 61.8 Å². The van der Waals surface area contributed by atoms with E-state index in [0.717, 1.165) is 25.4 Å². The molecule has 0 aliphatic heterocycles. The van der Waals surface area contributed by atoms with E-state index in [0.29, 0.717) is 12.3 Å². The molecule has 0 aliphatic carbocycles. The molecular formula is C13H20N2O3. The average molecular weight is 252 g/mol. The molecule has 5 heteroatoms. The van der Waals surface area contributed by atoms with E-state index < -0.39 is 6.09 Å². The second-order valence-electron chi connectivity index (χ2n) is 3.83. The summed E-state index contributed by atoms with van der Waals surface area (Å²) in [5.41, 5.74) is 0.540. The van der Waals surface area contributed by atoms with Crippen LogP contribution in [-0.4, -0.2) is 42.3 Å². The highest BCUT2D eigenvalue weighted by Crippen LogP contribution is 2.15. The quantitative estimate of drug-likeness (QED) is 0.782. The fourth-order valence-electron chi connectivity index (χ4n) is 1.59. The van der Waals surface area contributed by atoms with Crippen LogP contribution in [0.25, 0.3) is 0 Å². The third kappa shape index (κ3) is 5.05. The van der Waals surface area contributed by atoms with Gasteiger partial charge in [-0.1, -0.05) is 13.8 Å². The van der Waals surface area contributed by atoms with Gasteiger partial charge in [-0.15, -0.1) is 0 Å². The van der Waals surface area contributed by atoms with Crippen molar-refractivity contribution in [3.8, 4) is 5.75 Å². The molecule has 2 N–H and O–H groups in total. The number of carbonyl (C=O) groups is 1. The van der Waals surface area contributed by atoms with Gasteiger partial charge in [0.15, 0.2) is 0 Å². The Bertz CT molecular complexity index is 361. The smallest absolute Gasteiger partial charge is 0.409 e. The van der Waals surface area contributed by atoms with Crippen molar-refractivity contribution in [1.29, 1.82) is 0 Å². The van der Waals surface area contributed by atoms with Gasteiger partial charge in [0.1, 0.15) is 12.4 Å². The molecule has 0 aromatic heterocycles. The Morgan fingerprint density at radius 1 is 1.28 bits per heavy atom. The zero-order chi connectivity index (χ0) is 13.4. The van der Waals surface area contributed by atoms with Gasteiger partial charge in [-0.25, -0.2) is 4.79 Å². The summed E-state index contributed by atoms with van der Waals surface area (Å²) in [5, 5.41) is 10.8. The van der Waals surface area contributed by atoms with E-state index in [1.807, 2.05) is 0 Å². The maximum Gasteiger partial charge on any atom is 0.409 e. The fourth-order valence-corrected chi connectivity index (χ4v) is 1.59. The van der Waals surface area contributed by atoms with Crippen molar-refractivity contribution in [2.24, 2.45) is 0 Å². The van der Waals surface area contributed by atoms with E-state index in [1.54, 1.807) is 24.3 Å². The lowest BCUT2D eigenvalue weighted by Gasteiger charge is -2.18. The summed E-state index contributed by atoms with van der Waals surface area (Å²) in [4.78, 5) is 12.7. The Hall–Kier alpha value is -1.75. The van der Waals surface area contributed by atoms with E-state index in [-0.39, 0.29) is 0 Å². The highest BCUT2D eigenvalue weighted by molar-refractivity contribution is 5.82. The van der Waals surface area contributed by atoms with Crippen molar-refractivity contribution in [3.05, 3.63) is 24.3 Å². The number of likely N-dealkylation sites (N-methyl/N-ethyl adjacent to an activating group) is 1. The van der Waals surface area contributed by atoms with Gasteiger partial charge in [0, 0.05) is 12.2 Å². The lowest BCUT2D eigenvalue weighted by molar-refractivity contribution is 0.209. The first-order chi connectivity index (χ1) is 8.65. The molecule has 0 aliphatic rings. The normalized spacial score (nSPS) is 10.4. The molecule has 0 unspecified atom stereocenters. The Balaban J connectivity index is 2.37. The minimum Gasteiger partial charge on any atom is -0.492 e. The van der Waals surface area contributed by atoms with Crippen LogP contribution < -0.4 is 10.1 Å². The van der Waals surface area contributed by atoms with Crippen LogP contribution in [0.1, 0.15) is 13.8 Å². The monoisotopic (exact) mass is 252 g/mol. The molecule has 1 amide bonds. The van der Waals surface area contributed by atoms with Crippen molar-refractivity contribution in [2.45, 2.75) is 13.8 Å². The standard InChI is InChI=1S/C13H20N2O3/c1-3-15(4-2)9-10-18-12-7-5-11(6-8-12)14-13(16)17/h5-8,14H,3-4,9-10H2,1-2H3,(H,16,17). The van der Waals surface area contributed by atoms with Crippen molar-refractivity contribution < 1.29 is 14.6 Å². The lowest BCUT2D eigenvalue weighted by atomic mass is 10.3. The van der Waals surface area contributed by atoms with Crippen molar-refractivity contribution in [2.75, 3.05) is 31.6 Å². The summed E-state index contributed by atoms with van der Waals surface area (Å²) >= 11 is 0. The van der Waals surface area contributed by atoms with E-state index >= 15 is 0 Å². The second kappa shape index (κ2) is 7.55. The van der Waals surface area contributed by atoms with E-state index in [4.69, 9.17) is 9.84 Å². The number of rotatable bonds is 7. The van der Waals surface area contributed by atoms with Crippen LogP contribution in [0, 0.1) is 0 Å². The predicted octanol–water partition coefficient (Wildman–Crippen LogP) is 2.50. The average Bonchev–Trinajstić information content (AvgIpc) is 2.36. The van der Waals surface area contributed by atoms with Gasteiger partial charge in [0.2, 0.25) is 0 Å². The van der Waals surface area contributed by atoms with Crippen LogP contribution in [0.3, 0.4) is 0 Å². The molecule has 0 spiro atoms. The highest BCUT2D eigenvalue weighted by atomic mass is 16.5. The van der Waals surface area contributed by atoms with Crippen LogP contribution in [0.15, 0.2) is 24.3 Å². The minimum absolute atomic E-state index is 0.540. The number of benzene rings is 1. The van der Waals surface area contributed by atoms with Crippen LogP contribution >= 0.6 is 0 Å². The number of amides is 1. The Morgan fingerprint density at radius 3 is 2.39 bits per heavy atom. The fraction of sp³-hybridized carbons (Fsp3) is 0.462. The molecule has 0 saturated heterocycles. The van der Waals surface area contributed by atoms with Crippen LogP contribution in [-0.2, 0) is 0 Å². The number of ether oxygens (including phenoxy) is 1. The van der Waals surface area contributed by atoms with Gasteiger partial charge >= 0.3 is 6.09 Å². The molecule has 0 saturated carbocycles. The van der Waals surface area contributed by atoms with E-state index in [9.17, 15) is 4.79 Å². The summed E-state index contributed by atoms with van der Waals surface area (Å²) in [6, 6.07) is 6.88. The maximum atomic E-state index is 10.4. The lowest BCUT2D eigenvalue weighted by Crippen LogP contribution is -2.27. The summed E-state index contributed by atoms with van der Waals surface area (Å²) in [6.07, 6.45) is -1.06. The van der Waals surface area contributed by atoms with Crippen LogP contribution in [0.4, 0.5) is 10.5 Å². The third-order valence-corrected chi connectivity index (χ3v) is 2.68. The molecule has 18 heavy (non-hydrogen) atoms. The van der Waals surface area contributed by atoms with Gasteiger partial charge in [0.25, 0.3) is 0 Å². The molecule has 0 heterocycles. The molecule has 1 rings (SSSR count). The zero-order valence-electron chi connectivity index (χ0n) is 10.8. The summed E-state index contributed by atoms with van der Waals surface area (Å²) in [7, 11) is 0. The zero-order valence-corrected chi connectivity index (χ0v) is 10.8. The first-order valence-electron chi connectivity index (χ1n) is 6.10. The van der Waals surface area contributed by atoms with Crippen molar-refractivity contribution >= 4 is 11.8 Å². The number of nitrogens with zero attached hydrogens (tertiary/aromatic N) is 1. The van der Waals surface area contributed by atoms with Gasteiger partial charge in [-0.2, -0.15) is 0 Å². The first-order valence-corrected chi connectivity index (χ1v) is 6.10. The largest absolute Gasteiger partial charge is 0.492 e. The SMILES string of the molecule is CCN(CC)CCOc1ccc(NC(=O)O)cc1. The molecule has 100 valence electrons. The molecule has 1 aromatic rings. The maximum absolute atomic E-state index is 10.4. The third-order valence-electron chi connectivity index (χ3n) is 2.68. The highest BCUT2D eigenvalue weighted by Gasteiger charge is 2.01. The predicted molar refractivity (Wildman–Crippen MR) is 71.4 cm³/mol. The van der Waals surface area contributed by atoms with Gasteiger partial charge in [-0.05, 0) is 37.4 Å². The van der Waals surface area contributed by atoms with Crippen LogP contribution in [0.2, 0.25) is 0 Å². The van der Waals surface area contributed by atoms with Crippen LogP contribution in [0.5, 0.6) is 5.75 Å². The molecule has 5 nitrogen and oxygen atoms in total. The Kier molecular flexibility index (Phi) is 6.00. The van der Waals surface area contributed by atoms with Crippen molar-refractivity contribution in [3.63, 3.8) is 0 Å². The molecule has 0 fully saturated rings. The first kappa shape index (κ1) is 14.3. The second-order valence-corrected chi connectivity index (χ2v) is 3.83. The van der Waals surface area contributed by atoms with E-state index in [1.165, 1.54) is 0 Å². The Morgan fingerprint density at radius 2 is 1.89 bits per heavy atom. The van der Waals surface area contributed by atoms with Gasteiger partial charge in [-0.3, -0.25) is 5.32 Å². The number of hydrogen-bond donors (Lipinski definition) is 2. The van der Waals surface area contributed by atoms with Gasteiger partial charge < -0.3 is 14.7 Å². The van der Waals surface area contributed by atoms with Gasteiger partial charge in [0.05, 0.1) is 0 Å². The summed E-state index contributed by atoms with van der Waals surface area (Å²) in [6.45, 7) is 7.80. The Labute approximate surface area is 107 Å². The minimum atomic E-state index is -1.06. The molecule has 0 atom stereocenters. The number of anilines is 1. The number of hydrogen-bond acceptors (Lipinski definition) is 3. The summed E-state index contributed by atoms with van der Waals surface area (Å²) in [5.74, 6) is 0.748. The summed E-state index contributed by atoms with van der Waals surface area (Å²) < 4.78 is 5.58. The van der Waals surface area contributed by atoms with Crippen molar-refractivity contribution in [1.82, 2.24) is 4.90 Å². The molecule has 1 aromatic carbocycles. The molecular weight excluding hydrogens is 232 g/mol. The number of nitrogens with one attached hydrogen (secondary N) is 1. The van der Waals surface area contributed by atoms with E-state index in [2.05, 4.69) is 24.1 Å². The molecule has 0 radical (unpaired) electrons.